The van der Waals surface area contributed by atoms with Gasteiger partial charge in [0.15, 0.2) is 0 Å². The SMILES string of the molecule is CCc1nc2scc(-c3ccco3)c2c(=O)n1CCCOc1ccc(C(=O)O)cc1. The molecule has 0 radical (unpaired) electrons. The van der Waals surface area contributed by atoms with Crippen molar-refractivity contribution < 1.29 is 19.1 Å². The zero-order chi connectivity index (χ0) is 21.1. The fourth-order valence-electron chi connectivity index (χ4n) is 3.29. The van der Waals surface area contributed by atoms with Crippen molar-refractivity contribution in [3.63, 3.8) is 0 Å². The summed E-state index contributed by atoms with van der Waals surface area (Å²) in [5.74, 6) is 1.02. The minimum Gasteiger partial charge on any atom is -0.494 e. The van der Waals surface area contributed by atoms with Crippen LogP contribution < -0.4 is 10.3 Å². The Morgan fingerprint density at radius 1 is 1.27 bits per heavy atom. The van der Waals surface area contributed by atoms with E-state index in [1.165, 1.54) is 23.5 Å². The molecule has 4 rings (SSSR count). The van der Waals surface area contributed by atoms with Crippen molar-refractivity contribution in [3.05, 3.63) is 69.8 Å². The van der Waals surface area contributed by atoms with E-state index in [2.05, 4.69) is 0 Å². The lowest BCUT2D eigenvalue weighted by atomic mass is 10.2. The van der Waals surface area contributed by atoms with Gasteiger partial charge in [-0.05, 0) is 42.8 Å². The molecular formula is C22H20N2O5S. The average molecular weight is 424 g/mol. The largest absolute Gasteiger partial charge is 0.494 e. The normalized spacial score (nSPS) is 11.1. The second kappa shape index (κ2) is 8.54. The first kappa shape index (κ1) is 19.9. The van der Waals surface area contributed by atoms with Crippen molar-refractivity contribution in [1.82, 2.24) is 9.55 Å². The molecule has 1 aromatic carbocycles. The molecule has 3 aromatic heterocycles. The molecule has 3 heterocycles. The summed E-state index contributed by atoms with van der Waals surface area (Å²) in [6.07, 6.45) is 2.85. The van der Waals surface area contributed by atoms with Gasteiger partial charge in [0.2, 0.25) is 0 Å². The van der Waals surface area contributed by atoms with Crippen LogP contribution in [0.15, 0.2) is 57.3 Å². The monoisotopic (exact) mass is 424 g/mol. The van der Waals surface area contributed by atoms with Crippen molar-refractivity contribution in [2.75, 3.05) is 6.61 Å². The van der Waals surface area contributed by atoms with Crippen LogP contribution in [0.3, 0.4) is 0 Å². The Morgan fingerprint density at radius 2 is 2.07 bits per heavy atom. The molecule has 0 aliphatic carbocycles. The highest BCUT2D eigenvalue weighted by Gasteiger charge is 2.17. The lowest BCUT2D eigenvalue weighted by Gasteiger charge is -2.12. The predicted molar refractivity (Wildman–Crippen MR) is 114 cm³/mol. The van der Waals surface area contributed by atoms with E-state index < -0.39 is 5.97 Å². The highest BCUT2D eigenvalue weighted by atomic mass is 32.1. The maximum absolute atomic E-state index is 13.2. The maximum Gasteiger partial charge on any atom is 0.335 e. The summed E-state index contributed by atoms with van der Waals surface area (Å²) in [7, 11) is 0. The Hall–Kier alpha value is -3.39. The van der Waals surface area contributed by atoms with Crippen molar-refractivity contribution in [2.45, 2.75) is 26.3 Å². The minimum absolute atomic E-state index is 0.0738. The van der Waals surface area contributed by atoms with Crippen LogP contribution in [0, 0.1) is 0 Å². The highest BCUT2D eigenvalue weighted by molar-refractivity contribution is 7.17. The van der Waals surface area contributed by atoms with E-state index in [0.29, 0.717) is 47.7 Å². The smallest absolute Gasteiger partial charge is 0.335 e. The van der Waals surface area contributed by atoms with Gasteiger partial charge >= 0.3 is 5.97 Å². The molecule has 0 spiro atoms. The van der Waals surface area contributed by atoms with Crippen LogP contribution in [0.25, 0.3) is 21.5 Å². The first-order valence-corrected chi connectivity index (χ1v) is 10.5. The number of aryl methyl sites for hydroxylation is 1. The van der Waals surface area contributed by atoms with Crippen LogP contribution in [0.2, 0.25) is 0 Å². The fourth-order valence-corrected chi connectivity index (χ4v) is 4.22. The number of fused-ring (bicyclic) bond motifs is 1. The molecule has 7 nitrogen and oxygen atoms in total. The van der Waals surface area contributed by atoms with Gasteiger partial charge < -0.3 is 14.3 Å². The number of nitrogens with zero attached hydrogens (tertiary/aromatic N) is 2. The van der Waals surface area contributed by atoms with Gasteiger partial charge in [0.05, 0.1) is 23.8 Å². The molecule has 0 saturated carbocycles. The van der Waals surface area contributed by atoms with Crippen LogP contribution in [0.5, 0.6) is 5.75 Å². The number of benzene rings is 1. The second-order valence-corrected chi connectivity index (χ2v) is 7.53. The lowest BCUT2D eigenvalue weighted by Crippen LogP contribution is -2.25. The summed E-state index contributed by atoms with van der Waals surface area (Å²) in [6, 6.07) is 9.89. The van der Waals surface area contributed by atoms with Gasteiger partial charge in [-0.15, -0.1) is 11.3 Å². The van der Waals surface area contributed by atoms with Gasteiger partial charge in [-0.25, -0.2) is 9.78 Å². The van der Waals surface area contributed by atoms with E-state index in [4.69, 9.17) is 19.2 Å². The predicted octanol–water partition coefficient (Wildman–Crippen LogP) is 4.45. The minimum atomic E-state index is -0.974. The number of hydrogen-bond donors (Lipinski definition) is 1. The van der Waals surface area contributed by atoms with E-state index >= 15 is 0 Å². The summed E-state index contributed by atoms with van der Waals surface area (Å²) in [5, 5.41) is 11.4. The van der Waals surface area contributed by atoms with Gasteiger partial charge in [-0.3, -0.25) is 9.36 Å². The van der Waals surface area contributed by atoms with Crippen molar-refractivity contribution in [3.8, 4) is 17.1 Å². The molecule has 4 aromatic rings. The fraction of sp³-hybridized carbons (Fsp3) is 0.227. The lowest BCUT2D eigenvalue weighted by molar-refractivity contribution is 0.0697. The van der Waals surface area contributed by atoms with Gasteiger partial charge in [0, 0.05) is 23.9 Å². The number of carboxylic acids is 1. The molecule has 154 valence electrons. The van der Waals surface area contributed by atoms with Crippen LogP contribution in [0.1, 0.15) is 29.5 Å². The molecule has 1 N–H and O–H groups in total. The second-order valence-electron chi connectivity index (χ2n) is 6.68. The summed E-state index contributed by atoms with van der Waals surface area (Å²) >= 11 is 1.44. The van der Waals surface area contributed by atoms with E-state index in [9.17, 15) is 9.59 Å². The molecule has 0 unspecified atom stereocenters. The summed E-state index contributed by atoms with van der Waals surface area (Å²) in [6.45, 7) is 2.85. The molecule has 0 saturated heterocycles. The Labute approximate surface area is 176 Å². The van der Waals surface area contributed by atoms with Crippen LogP contribution in [0.4, 0.5) is 0 Å². The quantitative estimate of drug-likeness (QED) is 0.420. The summed E-state index contributed by atoms with van der Waals surface area (Å²) in [4.78, 5) is 29.6. The number of hydrogen-bond acceptors (Lipinski definition) is 6. The Kier molecular flexibility index (Phi) is 5.67. The molecule has 30 heavy (non-hydrogen) atoms. The van der Waals surface area contributed by atoms with Gasteiger partial charge in [0.1, 0.15) is 22.2 Å². The number of furan rings is 1. The number of thiophene rings is 1. The van der Waals surface area contributed by atoms with Crippen molar-refractivity contribution in [2.24, 2.45) is 0 Å². The molecule has 0 aliphatic rings. The van der Waals surface area contributed by atoms with E-state index in [-0.39, 0.29) is 11.1 Å². The third-order valence-corrected chi connectivity index (χ3v) is 5.64. The maximum atomic E-state index is 13.2. The average Bonchev–Trinajstić information content (AvgIpc) is 3.42. The van der Waals surface area contributed by atoms with Gasteiger partial charge in [0.25, 0.3) is 5.56 Å². The molecule has 0 atom stereocenters. The van der Waals surface area contributed by atoms with Crippen LogP contribution in [-0.2, 0) is 13.0 Å². The number of carbonyl (C=O) groups is 1. The molecule has 0 aliphatic heterocycles. The molecule has 0 bridgehead atoms. The summed E-state index contributed by atoms with van der Waals surface area (Å²) in [5.41, 5.74) is 0.906. The number of carboxylic acid groups (broad SMARTS) is 1. The zero-order valence-electron chi connectivity index (χ0n) is 16.3. The van der Waals surface area contributed by atoms with Gasteiger partial charge in [-0.1, -0.05) is 6.92 Å². The Bertz CT molecular complexity index is 1220. The third kappa shape index (κ3) is 3.86. The molecule has 8 heteroatoms. The molecule has 0 fully saturated rings. The number of ether oxygens (including phenoxy) is 1. The van der Waals surface area contributed by atoms with Gasteiger partial charge in [-0.2, -0.15) is 0 Å². The van der Waals surface area contributed by atoms with Crippen molar-refractivity contribution >= 4 is 27.5 Å². The molecular weight excluding hydrogens is 404 g/mol. The summed E-state index contributed by atoms with van der Waals surface area (Å²) < 4.78 is 12.9. The number of aromatic carboxylic acids is 1. The third-order valence-electron chi connectivity index (χ3n) is 4.77. The topological polar surface area (TPSA) is 94.6 Å². The van der Waals surface area contributed by atoms with E-state index in [1.807, 2.05) is 18.4 Å². The zero-order valence-corrected chi connectivity index (χ0v) is 17.1. The van der Waals surface area contributed by atoms with E-state index in [1.54, 1.807) is 29.0 Å². The van der Waals surface area contributed by atoms with Crippen LogP contribution >= 0.6 is 11.3 Å². The Balaban J connectivity index is 1.52. The Morgan fingerprint density at radius 3 is 2.73 bits per heavy atom. The van der Waals surface area contributed by atoms with Crippen LogP contribution in [-0.4, -0.2) is 27.2 Å². The van der Waals surface area contributed by atoms with E-state index in [0.717, 1.165) is 11.4 Å². The van der Waals surface area contributed by atoms with Crippen molar-refractivity contribution in [1.29, 1.82) is 0 Å². The first-order valence-electron chi connectivity index (χ1n) is 9.59. The number of aromatic nitrogens is 2. The first-order chi connectivity index (χ1) is 14.6. The number of rotatable bonds is 8. The molecule has 0 amide bonds. The standard InChI is InChI=1S/C22H20N2O5S/c1-2-18-23-20-19(16(13-30-20)17-5-3-11-29-17)21(25)24(18)10-4-12-28-15-8-6-14(7-9-15)22(26)27/h3,5-9,11,13H,2,4,10,12H2,1H3,(H,26,27). The highest BCUT2D eigenvalue weighted by Crippen LogP contribution is 2.31.